The van der Waals surface area contributed by atoms with Gasteiger partial charge in [0.05, 0.1) is 4.90 Å². The van der Waals surface area contributed by atoms with Gasteiger partial charge in [-0.25, -0.2) is 8.42 Å². The SMILES string of the molecule is Cc1ccc(C(=O)NCCCN2CCCC2)cc1S(=O)(=O)N1CCCC1. The fraction of sp³-hybridized carbons (Fsp3) is 0.632. The minimum atomic E-state index is -3.51. The number of aryl methyl sites for hydroxylation is 1. The van der Waals surface area contributed by atoms with E-state index in [1.165, 1.54) is 23.2 Å². The van der Waals surface area contributed by atoms with Gasteiger partial charge in [0.1, 0.15) is 0 Å². The predicted molar refractivity (Wildman–Crippen MR) is 102 cm³/mol. The third-order valence-corrected chi connectivity index (χ3v) is 7.31. The zero-order chi connectivity index (χ0) is 18.6. The number of likely N-dealkylation sites (tertiary alicyclic amines) is 1. The minimum Gasteiger partial charge on any atom is -0.352 e. The van der Waals surface area contributed by atoms with Crippen molar-refractivity contribution in [3.05, 3.63) is 29.3 Å². The maximum absolute atomic E-state index is 12.8. The van der Waals surface area contributed by atoms with Gasteiger partial charge in [0.2, 0.25) is 10.0 Å². The Bertz CT molecular complexity index is 736. The molecule has 3 rings (SSSR count). The number of benzene rings is 1. The zero-order valence-corrected chi connectivity index (χ0v) is 16.4. The highest BCUT2D eigenvalue weighted by Gasteiger charge is 2.29. The summed E-state index contributed by atoms with van der Waals surface area (Å²) in [6.45, 7) is 6.83. The van der Waals surface area contributed by atoms with Gasteiger partial charge in [-0.2, -0.15) is 4.31 Å². The van der Waals surface area contributed by atoms with E-state index in [9.17, 15) is 13.2 Å². The van der Waals surface area contributed by atoms with Crippen LogP contribution in [0.4, 0.5) is 0 Å². The van der Waals surface area contributed by atoms with Crippen LogP contribution in [0.3, 0.4) is 0 Å². The van der Waals surface area contributed by atoms with Crippen LogP contribution in [0.5, 0.6) is 0 Å². The quantitative estimate of drug-likeness (QED) is 0.736. The molecule has 1 N–H and O–H groups in total. The largest absolute Gasteiger partial charge is 0.352 e. The third-order valence-electron chi connectivity index (χ3n) is 5.27. The molecule has 0 bridgehead atoms. The van der Waals surface area contributed by atoms with Crippen LogP contribution in [-0.2, 0) is 10.0 Å². The molecule has 0 atom stereocenters. The third kappa shape index (κ3) is 4.45. The van der Waals surface area contributed by atoms with E-state index in [2.05, 4.69) is 10.2 Å². The standard InChI is InChI=1S/C19H29N3O3S/c1-16-7-8-17(15-18(16)26(24,25)22-13-4-5-14-22)19(23)20-9-6-12-21-10-2-3-11-21/h7-8,15H,2-6,9-14H2,1H3,(H,20,23). The van der Waals surface area contributed by atoms with Gasteiger partial charge in [0.25, 0.3) is 5.91 Å². The second kappa shape index (κ2) is 8.50. The highest BCUT2D eigenvalue weighted by molar-refractivity contribution is 7.89. The summed E-state index contributed by atoms with van der Waals surface area (Å²) in [4.78, 5) is 15.1. The lowest BCUT2D eigenvalue weighted by Crippen LogP contribution is -2.30. The van der Waals surface area contributed by atoms with Crippen LogP contribution in [0.1, 0.15) is 48.0 Å². The molecule has 1 aromatic rings. The monoisotopic (exact) mass is 379 g/mol. The Kier molecular flexibility index (Phi) is 6.32. The van der Waals surface area contributed by atoms with E-state index in [1.54, 1.807) is 19.1 Å². The summed E-state index contributed by atoms with van der Waals surface area (Å²) < 4.78 is 27.2. The fourth-order valence-electron chi connectivity index (χ4n) is 3.70. The average Bonchev–Trinajstić information content (AvgIpc) is 3.32. The topological polar surface area (TPSA) is 69.7 Å². The maximum atomic E-state index is 12.8. The summed E-state index contributed by atoms with van der Waals surface area (Å²) in [5, 5.41) is 2.92. The second-order valence-electron chi connectivity index (χ2n) is 7.25. The highest BCUT2D eigenvalue weighted by atomic mass is 32.2. The van der Waals surface area contributed by atoms with E-state index >= 15 is 0 Å². The summed E-state index contributed by atoms with van der Waals surface area (Å²) >= 11 is 0. The Balaban J connectivity index is 1.61. The van der Waals surface area contributed by atoms with Gasteiger partial charge in [-0.1, -0.05) is 6.07 Å². The van der Waals surface area contributed by atoms with E-state index in [0.29, 0.717) is 30.8 Å². The molecule has 0 unspecified atom stereocenters. The molecule has 0 radical (unpaired) electrons. The normalized spacial score (nSPS) is 19.1. The highest BCUT2D eigenvalue weighted by Crippen LogP contribution is 2.24. The molecule has 7 heteroatoms. The molecule has 0 spiro atoms. The molecule has 1 amide bonds. The maximum Gasteiger partial charge on any atom is 0.251 e. The lowest BCUT2D eigenvalue weighted by molar-refractivity contribution is 0.0952. The predicted octanol–water partition coefficient (Wildman–Crippen LogP) is 2.00. The molecule has 2 fully saturated rings. The van der Waals surface area contributed by atoms with Gasteiger partial charge in [-0.15, -0.1) is 0 Å². The van der Waals surface area contributed by atoms with Gasteiger partial charge in [-0.05, 0) is 76.4 Å². The van der Waals surface area contributed by atoms with E-state index in [-0.39, 0.29) is 10.8 Å². The van der Waals surface area contributed by atoms with Gasteiger partial charge < -0.3 is 10.2 Å². The first-order valence-corrected chi connectivity index (χ1v) is 11.0. The number of carbonyl (C=O) groups excluding carboxylic acids is 1. The molecule has 2 heterocycles. The van der Waals surface area contributed by atoms with Gasteiger partial charge in [-0.3, -0.25) is 4.79 Å². The number of amides is 1. The van der Waals surface area contributed by atoms with Crippen molar-refractivity contribution in [1.82, 2.24) is 14.5 Å². The van der Waals surface area contributed by atoms with Gasteiger partial charge in [0.15, 0.2) is 0 Å². The van der Waals surface area contributed by atoms with Crippen molar-refractivity contribution in [2.24, 2.45) is 0 Å². The first-order valence-electron chi connectivity index (χ1n) is 9.60. The number of sulfonamides is 1. The first-order chi connectivity index (χ1) is 12.5. The van der Waals surface area contributed by atoms with Crippen LogP contribution in [-0.4, -0.2) is 62.8 Å². The van der Waals surface area contributed by atoms with E-state index in [0.717, 1.165) is 38.9 Å². The minimum absolute atomic E-state index is 0.204. The molecule has 6 nitrogen and oxygen atoms in total. The molecule has 2 aliphatic heterocycles. The summed E-state index contributed by atoms with van der Waals surface area (Å²) in [5.74, 6) is -0.204. The van der Waals surface area contributed by atoms with Crippen LogP contribution < -0.4 is 5.32 Å². The smallest absolute Gasteiger partial charge is 0.251 e. The number of carbonyl (C=O) groups is 1. The molecule has 0 aromatic heterocycles. The first kappa shape index (κ1) is 19.3. The van der Waals surface area contributed by atoms with Crippen LogP contribution in [0.2, 0.25) is 0 Å². The van der Waals surface area contributed by atoms with E-state index in [4.69, 9.17) is 0 Å². The van der Waals surface area contributed by atoms with Crippen LogP contribution in [0, 0.1) is 6.92 Å². The summed E-state index contributed by atoms with van der Waals surface area (Å²) in [5.41, 5.74) is 1.09. The molecule has 144 valence electrons. The molecule has 1 aromatic carbocycles. The van der Waals surface area contributed by atoms with Crippen LogP contribution in [0.25, 0.3) is 0 Å². The van der Waals surface area contributed by atoms with Crippen LogP contribution in [0.15, 0.2) is 23.1 Å². The second-order valence-corrected chi connectivity index (χ2v) is 9.16. The Morgan fingerprint density at radius 3 is 2.42 bits per heavy atom. The van der Waals surface area contributed by atoms with Crippen molar-refractivity contribution in [1.29, 1.82) is 0 Å². The molecule has 0 saturated carbocycles. The van der Waals surface area contributed by atoms with Crippen molar-refractivity contribution < 1.29 is 13.2 Å². The fourth-order valence-corrected chi connectivity index (χ4v) is 5.47. The van der Waals surface area contributed by atoms with E-state index < -0.39 is 10.0 Å². The summed E-state index contributed by atoms with van der Waals surface area (Å²) in [7, 11) is -3.51. The lowest BCUT2D eigenvalue weighted by Gasteiger charge is -2.18. The zero-order valence-electron chi connectivity index (χ0n) is 15.5. The summed E-state index contributed by atoms with van der Waals surface area (Å²) in [6, 6.07) is 4.95. The Morgan fingerprint density at radius 2 is 1.73 bits per heavy atom. The van der Waals surface area contributed by atoms with Crippen molar-refractivity contribution in [3.63, 3.8) is 0 Å². The van der Waals surface area contributed by atoms with Crippen molar-refractivity contribution in [3.8, 4) is 0 Å². The molecule has 26 heavy (non-hydrogen) atoms. The van der Waals surface area contributed by atoms with Gasteiger partial charge >= 0.3 is 0 Å². The molecule has 2 saturated heterocycles. The Labute approximate surface area is 156 Å². The molecular formula is C19H29N3O3S. The number of hydrogen-bond acceptors (Lipinski definition) is 4. The van der Waals surface area contributed by atoms with E-state index in [1.807, 2.05) is 0 Å². The molecule has 0 aliphatic carbocycles. The summed E-state index contributed by atoms with van der Waals surface area (Å²) in [6.07, 6.45) is 5.25. The van der Waals surface area contributed by atoms with Crippen molar-refractivity contribution in [2.75, 3.05) is 39.3 Å². The molecule has 2 aliphatic rings. The van der Waals surface area contributed by atoms with Crippen LogP contribution >= 0.6 is 0 Å². The number of nitrogens with zero attached hydrogens (tertiary/aromatic N) is 2. The lowest BCUT2D eigenvalue weighted by atomic mass is 10.1. The average molecular weight is 380 g/mol. The van der Waals surface area contributed by atoms with Crippen molar-refractivity contribution in [2.45, 2.75) is 43.9 Å². The van der Waals surface area contributed by atoms with Gasteiger partial charge in [0, 0.05) is 25.2 Å². The Morgan fingerprint density at radius 1 is 1.08 bits per heavy atom. The number of nitrogens with one attached hydrogen (secondary N) is 1. The van der Waals surface area contributed by atoms with Crippen molar-refractivity contribution >= 4 is 15.9 Å². The number of hydrogen-bond donors (Lipinski definition) is 1. The Hall–Kier alpha value is -1.44. The molecular weight excluding hydrogens is 350 g/mol. The number of rotatable bonds is 7.